The van der Waals surface area contributed by atoms with Gasteiger partial charge in [-0.3, -0.25) is 4.79 Å². The molecule has 0 spiro atoms. The van der Waals surface area contributed by atoms with Crippen LogP contribution in [-0.4, -0.2) is 23.7 Å². The molecule has 0 aliphatic heterocycles. The number of aryl methyl sites for hydroxylation is 2. The summed E-state index contributed by atoms with van der Waals surface area (Å²) in [5.74, 6) is -1.11. The summed E-state index contributed by atoms with van der Waals surface area (Å²) in [5, 5.41) is 6.53. The van der Waals surface area contributed by atoms with Crippen molar-refractivity contribution in [2.24, 2.45) is 0 Å². The smallest absolute Gasteiger partial charge is 0.224 e. The number of aromatic nitrogens is 1. The van der Waals surface area contributed by atoms with Gasteiger partial charge in [0.1, 0.15) is 18.2 Å². The van der Waals surface area contributed by atoms with Crippen LogP contribution in [-0.2, 0) is 11.2 Å². The normalized spacial score (nSPS) is 12.0. The molecule has 124 valence electrons. The lowest BCUT2D eigenvalue weighted by atomic mass is 10.1. The van der Waals surface area contributed by atoms with E-state index in [1.165, 1.54) is 6.07 Å². The van der Waals surface area contributed by atoms with Crippen LogP contribution in [0.3, 0.4) is 0 Å². The minimum Gasteiger partial charge on any atom is -0.488 e. The maximum absolute atomic E-state index is 13.4. The van der Waals surface area contributed by atoms with Crippen molar-refractivity contribution in [1.29, 1.82) is 0 Å². The zero-order chi connectivity index (χ0) is 17.0. The summed E-state index contributed by atoms with van der Waals surface area (Å²) in [7, 11) is 0. The quantitative estimate of drug-likeness (QED) is 0.887. The minimum atomic E-state index is -0.778. The average molecular weight is 324 g/mol. The van der Waals surface area contributed by atoms with Gasteiger partial charge in [-0.25, -0.2) is 8.78 Å². The van der Waals surface area contributed by atoms with Crippen LogP contribution in [0.1, 0.15) is 23.9 Å². The maximum atomic E-state index is 13.4. The van der Waals surface area contributed by atoms with Crippen LogP contribution in [0.15, 0.2) is 22.7 Å². The Morgan fingerprint density at radius 1 is 1.39 bits per heavy atom. The number of hydrogen-bond acceptors (Lipinski definition) is 4. The fraction of sp³-hybridized carbons (Fsp3) is 0.375. The number of nitrogens with zero attached hydrogens (tertiary/aromatic N) is 1. The van der Waals surface area contributed by atoms with Crippen LogP contribution in [0.2, 0.25) is 0 Å². The third-order valence-electron chi connectivity index (χ3n) is 3.31. The second-order valence-corrected chi connectivity index (χ2v) is 5.33. The number of rotatable bonds is 6. The zero-order valence-electron chi connectivity index (χ0n) is 13.2. The SMILES string of the molecule is Cc1noc(C)c1CC(=O)NC(C)COc1ccc(F)cc1F. The molecular weight excluding hydrogens is 306 g/mol. The molecule has 1 unspecified atom stereocenters. The van der Waals surface area contributed by atoms with Gasteiger partial charge >= 0.3 is 0 Å². The van der Waals surface area contributed by atoms with Gasteiger partial charge in [0.2, 0.25) is 5.91 Å². The van der Waals surface area contributed by atoms with Crippen molar-refractivity contribution in [1.82, 2.24) is 10.5 Å². The number of halogens is 2. The van der Waals surface area contributed by atoms with Crippen LogP contribution in [0.4, 0.5) is 8.78 Å². The zero-order valence-corrected chi connectivity index (χ0v) is 13.2. The van der Waals surface area contributed by atoms with Crippen molar-refractivity contribution < 1.29 is 22.8 Å². The van der Waals surface area contributed by atoms with E-state index in [4.69, 9.17) is 9.26 Å². The summed E-state index contributed by atoms with van der Waals surface area (Å²) in [5.41, 5.74) is 1.43. The molecule has 0 fully saturated rings. The van der Waals surface area contributed by atoms with Crippen LogP contribution >= 0.6 is 0 Å². The first-order chi connectivity index (χ1) is 10.9. The molecule has 1 aromatic carbocycles. The van der Waals surface area contributed by atoms with Gasteiger partial charge in [0.25, 0.3) is 0 Å². The molecule has 1 N–H and O–H groups in total. The predicted octanol–water partition coefficient (Wildman–Crippen LogP) is 2.70. The lowest BCUT2D eigenvalue weighted by Gasteiger charge is -2.15. The minimum absolute atomic E-state index is 0.0572. The summed E-state index contributed by atoms with van der Waals surface area (Å²) in [4.78, 5) is 12.0. The molecule has 1 amide bonds. The summed E-state index contributed by atoms with van der Waals surface area (Å²) in [6, 6.07) is 2.73. The number of benzene rings is 1. The van der Waals surface area contributed by atoms with Crippen molar-refractivity contribution in [3.8, 4) is 5.75 Å². The van der Waals surface area contributed by atoms with Crippen LogP contribution in [0.5, 0.6) is 5.75 Å². The number of nitrogens with one attached hydrogen (secondary N) is 1. The molecule has 0 aliphatic rings. The molecule has 5 nitrogen and oxygen atoms in total. The first kappa shape index (κ1) is 16.9. The highest BCUT2D eigenvalue weighted by atomic mass is 19.1. The van der Waals surface area contributed by atoms with Crippen molar-refractivity contribution in [2.75, 3.05) is 6.61 Å². The monoisotopic (exact) mass is 324 g/mol. The molecule has 1 aromatic heterocycles. The van der Waals surface area contributed by atoms with Crippen molar-refractivity contribution in [3.63, 3.8) is 0 Å². The molecule has 7 heteroatoms. The van der Waals surface area contributed by atoms with Gasteiger partial charge in [-0.05, 0) is 32.9 Å². The van der Waals surface area contributed by atoms with E-state index in [0.29, 0.717) is 11.5 Å². The van der Waals surface area contributed by atoms with E-state index >= 15 is 0 Å². The molecule has 0 bridgehead atoms. The van der Waals surface area contributed by atoms with Gasteiger partial charge < -0.3 is 14.6 Å². The van der Waals surface area contributed by atoms with Gasteiger partial charge in [-0.15, -0.1) is 0 Å². The van der Waals surface area contributed by atoms with Crippen molar-refractivity contribution in [3.05, 3.63) is 46.9 Å². The first-order valence-electron chi connectivity index (χ1n) is 7.15. The van der Waals surface area contributed by atoms with Crippen LogP contribution in [0.25, 0.3) is 0 Å². The Morgan fingerprint density at radius 2 is 2.13 bits per heavy atom. The van der Waals surface area contributed by atoms with Crippen molar-refractivity contribution in [2.45, 2.75) is 33.2 Å². The van der Waals surface area contributed by atoms with Gasteiger partial charge in [0.05, 0.1) is 18.2 Å². The lowest BCUT2D eigenvalue weighted by molar-refractivity contribution is -0.121. The first-order valence-corrected chi connectivity index (χ1v) is 7.15. The molecule has 0 saturated carbocycles. The molecule has 1 atom stereocenters. The fourth-order valence-corrected chi connectivity index (χ4v) is 2.09. The van der Waals surface area contributed by atoms with E-state index in [9.17, 15) is 13.6 Å². The third-order valence-corrected chi connectivity index (χ3v) is 3.31. The molecule has 0 aliphatic carbocycles. The summed E-state index contributed by atoms with van der Waals surface area (Å²) in [6.45, 7) is 5.30. The molecule has 0 saturated heterocycles. The van der Waals surface area contributed by atoms with E-state index in [1.807, 2.05) is 0 Å². The largest absolute Gasteiger partial charge is 0.488 e. The molecule has 1 heterocycles. The average Bonchev–Trinajstić information content (AvgIpc) is 2.78. The molecule has 2 rings (SSSR count). The van der Waals surface area contributed by atoms with Crippen molar-refractivity contribution >= 4 is 5.91 Å². The Hall–Kier alpha value is -2.44. The Labute approximate surface area is 132 Å². The number of hydrogen-bond donors (Lipinski definition) is 1. The van der Waals surface area contributed by atoms with Gasteiger partial charge in [-0.1, -0.05) is 5.16 Å². The standard InChI is InChI=1S/C16H18F2N2O3/c1-9(8-22-15-5-4-12(17)6-14(15)18)19-16(21)7-13-10(2)20-23-11(13)3/h4-6,9H,7-8H2,1-3H3,(H,19,21). The van der Waals surface area contributed by atoms with Gasteiger partial charge in [0, 0.05) is 11.6 Å². The second-order valence-electron chi connectivity index (χ2n) is 5.33. The maximum Gasteiger partial charge on any atom is 0.224 e. The number of amides is 1. The van der Waals surface area contributed by atoms with Crippen LogP contribution in [0, 0.1) is 25.5 Å². The third kappa shape index (κ3) is 4.51. The highest BCUT2D eigenvalue weighted by molar-refractivity contribution is 5.79. The summed E-state index contributed by atoms with van der Waals surface area (Å²) in [6.07, 6.45) is 0.149. The Bertz CT molecular complexity index is 681. The van der Waals surface area contributed by atoms with Gasteiger partial charge in [0.15, 0.2) is 11.6 Å². The number of ether oxygens (including phenoxy) is 1. The highest BCUT2D eigenvalue weighted by Gasteiger charge is 2.15. The fourth-order valence-electron chi connectivity index (χ4n) is 2.09. The predicted molar refractivity (Wildman–Crippen MR) is 79.1 cm³/mol. The summed E-state index contributed by atoms with van der Waals surface area (Å²) >= 11 is 0. The van der Waals surface area contributed by atoms with E-state index in [1.54, 1.807) is 20.8 Å². The Balaban J connectivity index is 1.84. The van der Waals surface area contributed by atoms with E-state index in [0.717, 1.165) is 17.7 Å². The summed E-state index contributed by atoms with van der Waals surface area (Å²) < 4.78 is 36.5. The molecular formula is C16H18F2N2O3. The Morgan fingerprint density at radius 3 is 2.74 bits per heavy atom. The second kappa shape index (κ2) is 7.21. The van der Waals surface area contributed by atoms with E-state index in [2.05, 4.69) is 10.5 Å². The topological polar surface area (TPSA) is 64.4 Å². The number of carbonyl (C=O) groups is 1. The number of carbonyl (C=O) groups excluding carboxylic acids is 1. The molecule has 2 aromatic rings. The Kier molecular flexibility index (Phi) is 5.31. The molecule has 0 radical (unpaired) electrons. The lowest BCUT2D eigenvalue weighted by Crippen LogP contribution is -2.37. The van der Waals surface area contributed by atoms with Crippen LogP contribution < -0.4 is 10.1 Å². The van der Waals surface area contributed by atoms with E-state index in [-0.39, 0.29) is 30.7 Å². The highest BCUT2D eigenvalue weighted by Crippen LogP contribution is 2.17. The van der Waals surface area contributed by atoms with E-state index < -0.39 is 11.6 Å². The van der Waals surface area contributed by atoms with Gasteiger partial charge in [-0.2, -0.15) is 0 Å². The molecule has 23 heavy (non-hydrogen) atoms.